The van der Waals surface area contributed by atoms with Crippen LogP contribution in [0.2, 0.25) is 0 Å². The SMILES string of the molecule is NC(=O)C(CCc1ccncc1)(NCCc1ccncc1)c1cccc(F)c1. The lowest BCUT2D eigenvalue weighted by atomic mass is 9.83. The number of primary amides is 1. The zero-order chi connectivity index (χ0) is 19.8. The van der Waals surface area contributed by atoms with E-state index in [0.717, 1.165) is 11.1 Å². The van der Waals surface area contributed by atoms with Gasteiger partial charge < -0.3 is 5.73 Å². The van der Waals surface area contributed by atoms with Gasteiger partial charge in [-0.15, -0.1) is 0 Å². The Morgan fingerprint density at radius 1 is 0.964 bits per heavy atom. The van der Waals surface area contributed by atoms with Crippen molar-refractivity contribution in [2.24, 2.45) is 5.73 Å². The molecule has 0 fully saturated rings. The van der Waals surface area contributed by atoms with Gasteiger partial charge in [-0.2, -0.15) is 0 Å². The van der Waals surface area contributed by atoms with Gasteiger partial charge in [-0.1, -0.05) is 12.1 Å². The van der Waals surface area contributed by atoms with Crippen LogP contribution in [0.4, 0.5) is 4.39 Å². The summed E-state index contributed by atoms with van der Waals surface area (Å²) in [5.74, 6) is -0.926. The van der Waals surface area contributed by atoms with E-state index >= 15 is 0 Å². The molecule has 0 saturated carbocycles. The van der Waals surface area contributed by atoms with E-state index in [0.29, 0.717) is 31.4 Å². The highest BCUT2D eigenvalue weighted by Gasteiger charge is 2.38. The highest BCUT2D eigenvalue weighted by Crippen LogP contribution is 2.28. The predicted octanol–water partition coefficient (Wildman–Crippen LogP) is 2.76. The normalized spacial score (nSPS) is 13.0. The molecule has 3 rings (SSSR count). The van der Waals surface area contributed by atoms with Crippen molar-refractivity contribution in [1.82, 2.24) is 15.3 Å². The molecule has 0 aliphatic heterocycles. The van der Waals surface area contributed by atoms with E-state index in [1.807, 2.05) is 24.3 Å². The quantitative estimate of drug-likeness (QED) is 0.600. The van der Waals surface area contributed by atoms with Gasteiger partial charge >= 0.3 is 0 Å². The molecule has 5 nitrogen and oxygen atoms in total. The zero-order valence-electron chi connectivity index (χ0n) is 15.5. The van der Waals surface area contributed by atoms with Crippen molar-refractivity contribution in [1.29, 1.82) is 0 Å². The van der Waals surface area contributed by atoms with E-state index in [-0.39, 0.29) is 0 Å². The summed E-state index contributed by atoms with van der Waals surface area (Å²) in [6.45, 7) is 0.514. The van der Waals surface area contributed by atoms with Crippen LogP contribution in [-0.4, -0.2) is 22.4 Å². The summed E-state index contributed by atoms with van der Waals surface area (Å²) in [7, 11) is 0. The molecule has 2 heterocycles. The Hall–Kier alpha value is -3.12. The highest BCUT2D eigenvalue weighted by atomic mass is 19.1. The monoisotopic (exact) mass is 378 g/mol. The van der Waals surface area contributed by atoms with Gasteiger partial charge in [0.05, 0.1) is 0 Å². The van der Waals surface area contributed by atoms with Gasteiger partial charge in [-0.3, -0.25) is 20.1 Å². The second kappa shape index (κ2) is 9.19. The number of nitrogens with one attached hydrogen (secondary N) is 1. The summed E-state index contributed by atoms with van der Waals surface area (Å²) in [6.07, 6.45) is 8.58. The first kappa shape index (κ1) is 19.6. The Kier molecular flexibility index (Phi) is 6.45. The average Bonchev–Trinajstić information content (AvgIpc) is 2.72. The molecule has 2 aromatic heterocycles. The number of nitrogens with two attached hydrogens (primary N) is 1. The van der Waals surface area contributed by atoms with E-state index in [1.54, 1.807) is 36.9 Å². The second-order valence-electron chi connectivity index (χ2n) is 6.67. The molecule has 6 heteroatoms. The largest absolute Gasteiger partial charge is 0.368 e. The Morgan fingerprint density at radius 3 is 2.14 bits per heavy atom. The van der Waals surface area contributed by atoms with E-state index < -0.39 is 17.3 Å². The number of carbonyl (C=O) groups excluding carboxylic acids is 1. The molecule has 3 aromatic rings. The third kappa shape index (κ3) is 4.78. The van der Waals surface area contributed by atoms with Gasteiger partial charge in [0.2, 0.25) is 5.91 Å². The number of aromatic nitrogens is 2. The predicted molar refractivity (Wildman–Crippen MR) is 106 cm³/mol. The lowest BCUT2D eigenvalue weighted by Crippen LogP contribution is -2.53. The smallest absolute Gasteiger partial charge is 0.242 e. The number of aryl methyl sites for hydroxylation is 1. The van der Waals surface area contributed by atoms with Gasteiger partial charge in [0, 0.05) is 31.3 Å². The van der Waals surface area contributed by atoms with Crippen LogP contribution in [0.3, 0.4) is 0 Å². The Morgan fingerprint density at radius 2 is 1.57 bits per heavy atom. The molecule has 3 N–H and O–H groups in total. The number of hydrogen-bond donors (Lipinski definition) is 2. The van der Waals surface area contributed by atoms with E-state index in [1.165, 1.54) is 12.1 Å². The van der Waals surface area contributed by atoms with Gasteiger partial charge in [0.25, 0.3) is 0 Å². The molecule has 0 saturated heterocycles. The molecular formula is C22H23FN4O. The summed E-state index contributed by atoms with van der Waals surface area (Å²) < 4.78 is 13.9. The minimum Gasteiger partial charge on any atom is -0.368 e. The lowest BCUT2D eigenvalue weighted by molar-refractivity contribution is -0.125. The van der Waals surface area contributed by atoms with Crippen LogP contribution < -0.4 is 11.1 Å². The van der Waals surface area contributed by atoms with E-state index in [4.69, 9.17) is 5.73 Å². The van der Waals surface area contributed by atoms with Crippen LogP contribution in [0.25, 0.3) is 0 Å². The van der Waals surface area contributed by atoms with Gasteiger partial charge in [-0.25, -0.2) is 4.39 Å². The molecule has 28 heavy (non-hydrogen) atoms. The van der Waals surface area contributed by atoms with Crippen LogP contribution in [-0.2, 0) is 23.2 Å². The number of benzene rings is 1. The van der Waals surface area contributed by atoms with Gasteiger partial charge in [0.15, 0.2) is 0 Å². The minimum atomic E-state index is -1.17. The minimum absolute atomic E-state index is 0.400. The molecule has 1 aromatic carbocycles. The number of carbonyl (C=O) groups is 1. The first-order chi connectivity index (χ1) is 13.6. The van der Waals surface area contributed by atoms with Crippen molar-refractivity contribution in [2.75, 3.05) is 6.54 Å². The van der Waals surface area contributed by atoms with Crippen LogP contribution in [0.5, 0.6) is 0 Å². The van der Waals surface area contributed by atoms with Crippen LogP contribution in [0.1, 0.15) is 23.1 Å². The fourth-order valence-electron chi connectivity index (χ4n) is 3.29. The van der Waals surface area contributed by atoms with Crippen molar-refractivity contribution >= 4 is 5.91 Å². The highest BCUT2D eigenvalue weighted by molar-refractivity contribution is 5.86. The van der Waals surface area contributed by atoms with E-state index in [9.17, 15) is 9.18 Å². The number of rotatable bonds is 9. The van der Waals surface area contributed by atoms with Crippen molar-refractivity contribution < 1.29 is 9.18 Å². The maximum Gasteiger partial charge on any atom is 0.242 e. The molecule has 1 amide bonds. The molecule has 1 atom stereocenters. The van der Waals surface area contributed by atoms with Gasteiger partial charge in [-0.05, 0) is 72.4 Å². The summed E-state index contributed by atoms with van der Waals surface area (Å²) in [4.78, 5) is 20.6. The molecule has 0 spiro atoms. The maximum absolute atomic E-state index is 13.9. The number of amides is 1. The molecule has 0 bridgehead atoms. The summed E-state index contributed by atoms with van der Waals surface area (Å²) >= 11 is 0. The fraction of sp³-hybridized carbons (Fsp3) is 0.227. The number of hydrogen-bond acceptors (Lipinski definition) is 4. The van der Waals surface area contributed by atoms with Crippen LogP contribution in [0, 0.1) is 5.82 Å². The molecule has 0 radical (unpaired) electrons. The van der Waals surface area contributed by atoms with Crippen molar-refractivity contribution in [2.45, 2.75) is 24.8 Å². The third-order valence-electron chi connectivity index (χ3n) is 4.87. The number of nitrogens with zero attached hydrogens (tertiary/aromatic N) is 2. The zero-order valence-corrected chi connectivity index (χ0v) is 15.5. The van der Waals surface area contributed by atoms with E-state index in [2.05, 4.69) is 15.3 Å². The molecule has 0 aliphatic rings. The van der Waals surface area contributed by atoms with Crippen molar-refractivity contribution in [3.8, 4) is 0 Å². The third-order valence-corrected chi connectivity index (χ3v) is 4.87. The molecular weight excluding hydrogens is 355 g/mol. The average molecular weight is 378 g/mol. The number of pyridine rings is 2. The molecule has 0 aliphatic carbocycles. The van der Waals surface area contributed by atoms with Gasteiger partial charge in [0.1, 0.15) is 11.4 Å². The standard InChI is InChI=1S/C22H23FN4O/c23-20-3-1-2-19(16-20)22(21(24)28,10-4-17-5-11-25-12-6-17)27-15-9-18-7-13-26-14-8-18/h1-3,5-8,11-14,16,27H,4,9-10,15H2,(H2,24,28). The summed E-state index contributed by atoms with van der Waals surface area (Å²) in [5, 5.41) is 3.32. The van der Waals surface area contributed by atoms with Crippen molar-refractivity contribution in [3.05, 3.63) is 95.8 Å². The maximum atomic E-state index is 13.9. The topological polar surface area (TPSA) is 80.9 Å². The Bertz CT molecular complexity index is 905. The van der Waals surface area contributed by atoms with Crippen molar-refractivity contribution in [3.63, 3.8) is 0 Å². The second-order valence-corrected chi connectivity index (χ2v) is 6.67. The van der Waals surface area contributed by atoms with Crippen LogP contribution >= 0.6 is 0 Å². The molecule has 1 unspecified atom stereocenters. The number of halogens is 1. The summed E-state index contributed by atoms with van der Waals surface area (Å²) in [5.41, 5.74) is 7.34. The Balaban J connectivity index is 1.85. The fourth-order valence-corrected chi connectivity index (χ4v) is 3.29. The lowest BCUT2D eigenvalue weighted by Gasteiger charge is -2.33. The van der Waals surface area contributed by atoms with Crippen LogP contribution in [0.15, 0.2) is 73.3 Å². The molecule has 144 valence electrons. The first-order valence-corrected chi connectivity index (χ1v) is 9.19. The summed E-state index contributed by atoms with van der Waals surface area (Å²) in [6, 6.07) is 13.7. The first-order valence-electron chi connectivity index (χ1n) is 9.19. The Labute approximate surface area is 163 Å².